The third-order valence-electron chi connectivity index (χ3n) is 1.89. The number of aliphatic hydroxyl groups excluding tert-OH is 2. The number of aliphatic hydroxyl groups is 2. The van der Waals surface area contributed by atoms with Crippen LogP contribution < -0.4 is 5.73 Å². The molecule has 14 heavy (non-hydrogen) atoms. The molecule has 0 saturated carbocycles. The van der Waals surface area contributed by atoms with E-state index < -0.39 is 18.0 Å². The molecule has 0 aliphatic rings. The zero-order chi connectivity index (χ0) is 10.7. The van der Waals surface area contributed by atoms with E-state index in [0.29, 0.717) is 0 Å². The van der Waals surface area contributed by atoms with Crippen molar-refractivity contribution in [1.82, 2.24) is 0 Å². The molecule has 1 aromatic carbocycles. The van der Waals surface area contributed by atoms with E-state index >= 15 is 0 Å². The predicted octanol–water partition coefficient (Wildman–Crippen LogP) is 0.832. The number of benzene rings is 1. The summed E-state index contributed by atoms with van der Waals surface area (Å²) in [6.45, 7) is -0.0884. The van der Waals surface area contributed by atoms with Crippen LogP contribution in [0.2, 0.25) is 5.02 Å². The molecule has 78 valence electrons. The highest BCUT2D eigenvalue weighted by Crippen LogP contribution is 2.25. The number of halogens is 2. The maximum Gasteiger partial charge on any atom is 0.124 e. The molecule has 0 aliphatic carbocycles. The van der Waals surface area contributed by atoms with E-state index in [2.05, 4.69) is 0 Å². The Morgan fingerprint density at radius 2 is 2.07 bits per heavy atom. The van der Waals surface area contributed by atoms with E-state index in [1.807, 2.05) is 0 Å². The first-order chi connectivity index (χ1) is 6.56. The first-order valence-electron chi connectivity index (χ1n) is 4.07. The fraction of sp³-hybridized carbons (Fsp3) is 0.333. The molecule has 4 N–H and O–H groups in total. The second kappa shape index (κ2) is 4.70. The number of hydrogen-bond donors (Lipinski definition) is 3. The molecule has 1 rings (SSSR count). The van der Waals surface area contributed by atoms with Crippen molar-refractivity contribution in [2.75, 3.05) is 6.54 Å². The number of nitrogens with two attached hydrogens (primary N) is 1. The van der Waals surface area contributed by atoms with Crippen LogP contribution in [-0.4, -0.2) is 22.9 Å². The van der Waals surface area contributed by atoms with E-state index in [-0.39, 0.29) is 17.1 Å². The lowest BCUT2D eigenvalue weighted by molar-refractivity contribution is 0.0243. The highest BCUT2D eigenvalue weighted by molar-refractivity contribution is 6.31. The van der Waals surface area contributed by atoms with Crippen molar-refractivity contribution in [3.8, 4) is 0 Å². The molecule has 0 heterocycles. The topological polar surface area (TPSA) is 66.5 Å². The fourth-order valence-corrected chi connectivity index (χ4v) is 1.36. The van der Waals surface area contributed by atoms with Crippen molar-refractivity contribution in [2.45, 2.75) is 12.2 Å². The Bertz CT molecular complexity index is 322. The minimum Gasteiger partial charge on any atom is -0.389 e. The second-order valence-electron chi connectivity index (χ2n) is 2.91. The summed E-state index contributed by atoms with van der Waals surface area (Å²) in [6.07, 6.45) is -2.29. The Balaban J connectivity index is 2.95. The van der Waals surface area contributed by atoms with Crippen molar-refractivity contribution < 1.29 is 14.6 Å². The van der Waals surface area contributed by atoms with Crippen molar-refractivity contribution in [2.24, 2.45) is 5.73 Å². The average Bonchev–Trinajstić information content (AvgIpc) is 2.15. The second-order valence-corrected chi connectivity index (χ2v) is 3.32. The molecule has 0 radical (unpaired) electrons. The third kappa shape index (κ3) is 2.42. The van der Waals surface area contributed by atoms with Crippen LogP contribution in [0, 0.1) is 5.82 Å². The lowest BCUT2D eigenvalue weighted by Crippen LogP contribution is -2.27. The molecule has 3 nitrogen and oxygen atoms in total. The van der Waals surface area contributed by atoms with Gasteiger partial charge in [0.2, 0.25) is 0 Å². The first kappa shape index (κ1) is 11.4. The van der Waals surface area contributed by atoms with Crippen LogP contribution in [0.3, 0.4) is 0 Å². The molecule has 2 atom stereocenters. The van der Waals surface area contributed by atoms with Crippen LogP contribution >= 0.6 is 11.6 Å². The van der Waals surface area contributed by atoms with Crippen molar-refractivity contribution >= 4 is 11.6 Å². The van der Waals surface area contributed by atoms with Gasteiger partial charge in [-0.2, -0.15) is 0 Å². The quantitative estimate of drug-likeness (QED) is 0.706. The van der Waals surface area contributed by atoms with Crippen molar-refractivity contribution in [3.63, 3.8) is 0 Å². The molecule has 2 unspecified atom stereocenters. The van der Waals surface area contributed by atoms with Crippen molar-refractivity contribution in [3.05, 3.63) is 34.6 Å². The zero-order valence-electron chi connectivity index (χ0n) is 7.32. The standard InChI is InChI=1S/C9H11ClFNO2/c10-7-3-5(11)1-2-6(7)9(14)8(13)4-12/h1-3,8-9,13-14H,4,12H2. The van der Waals surface area contributed by atoms with Gasteiger partial charge in [-0.25, -0.2) is 4.39 Å². The van der Waals surface area contributed by atoms with E-state index in [9.17, 15) is 14.6 Å². The van der Waals surface area contributed by atoms with E-state index in [0.717, 1.165) is 12.1 Å². The Hall–Kier alpha value is -0.680. The minimum absolute atomic E-state index is 0.0741. The smallest absolute Gasteiger partial charge is 0.124 e. The molecule has 0 fully saturated rings. The summed E-state index contributed by atoms with van der Waals surface area (Å²) in [5, 5.41) is 18.8. The zero-order valence-corrected chi connectivity index (χ0v) is 8.08. The van der Waals surface area contributed by atoms with Gasteiger partial charge in [-0.1, -0.05) is 17.7 Å². The summed E-state index contributed by atoms with van der Waals surface area (Å²) in [6, 6.07) is 3.55. The van der Waals surface area contributed by atoms with Crippen molar-refractivity contribution in [1.29, 1.82) is 0 Å². The van der Waals surface area contributed by atoms with Gasteiger partial charge in [0.1, 0.15) is 11.9 Å². The molecule has 5 heteroatoms. The van der Waals surface area contributed by atoms with Crippen LogP contribution in [0.5, 0.6) is 0 Å². The lowest BCUT2D eigenvalue weighted by Gasteiger charge is -2.17. The predicted molar refractivity (Wildman–Crippen MR) is 51.4 cm³/mol. The summed E-state index contributed by atoms with van der Waals surface area (Å²) < 4.78 is 12.6. The minimum atomic E-state index is -1.19. The van der Waals surface area contributed by atoms with Gasteiger partial charge in [0.15, 0.2) is 0 Å². The molecule has 0 aromatic heterocycles. The maximum absolute atomic E-state index is 12.6. The highest BCUT2D eigenvalue weighted by atomic mass is 35.5. The van der Waals surface area contributed by atoms with Gasteiger partial charge >= 0.3 is 0 Å². The Kier molecular flexibility index (Phi) is 3.83. The van der Waals surface area contributed by atoms with Gasteiger partial charge < -0.3 is 15.9 Å². The van der Waals surface area contributed by atoms with E-state index in [1.165, 1.54) is 6.07 Å². The summed E-state index contributed by atoms with van der Waals surface area (Å²) in [4.78, 5) is 0. The van der Waals surface area contributed by atoms with Gasteiger partial charge in [0.05, 0.1) is 6.10 Å². The molecule has 0 saturated heterocycles. The van der Waals surface area contributed by atoms with Crippen LogP contribution in [-0.2, 0) is 0 Å². The van der Waals surface area contributed by atoms with Gasteiger partial charge in [-0.05, 0) is 12.1 Å². The lowest BCUT2D eigenvalue weighted by atomic mass is 10.0. The number of rotatable bonds is 3. The summed E-state index contributed by atoms with van der Waals surface area (Å²) in [7, 11) is 0. The molecule has 1 aromatic rings. The van der Waals surface area contributed by atoms with Gasteiger partial charge in [-0.15, -0.1) is 0 Å². The molecular formula is C9H11ClFNO2. The van der Waals surface area contributed by atoms with Gasteiger partial charge in [0, 0.05) is 17.1 Å². The largest absolute Gasteiger partial charge is 0.389 e. The highest BCUT2D eigenvalue weighted by Gasteiger charge is 2.19. The van der Waals surface area contributed by atoms with E-state index in [1.54, 1.807) is 0 Å². The monoisotopic (exact) mass is 219 g/mol. The molecule has 0 amide bonds. The Morgan fingerprint density at radius 1 is 1.43 bits per heavy atom. The van der Waals surface area contributed by atoms with Crippen LogP contribution in [0.15, 0.2) is 18.2 Å². The van der Waals surface area contributed by atoms with E-state index in [4.69, 9.17) is 17.3 Å². The molecule has 0 spiro atoms. The van der Waals surface area contributed by atoms with Gasteiger partial charge in [-0.3, -0.25) is 0 Å². The van der Waals surface area contributed by atoms with Gasteiger partial charge in [0.25, 0.3) is 0 Å². The first-order valence-corrected chi connectivity index (χ1v) is 4.45. The fourth-order valence-electron chi connectivity index (χ4n) is 1.08. The molecular weight excluding hydrogens is 209 g/mol. The summed E-state index contributed by atoms with van der Waals surface area (Å²) in [5.41, 5.74) is 5.43. The normalized spacial score (nSPS) is 15.2. The SMILES string of the molecule is NCC(O)C(O)c1ccc(F)cc1Cl. The Morgan fingerprint density at radius 3 is 2.57 bits per heavy atom. The molecule has 0 aliphatic heterocycles. The Labute approximate surface area is 85.9 Å². The summed E-state index contributed by atoms with van der Waals surface area (Å²) in [5.74, 6) is -0.492. The third-order valence-corrected chi connectivity index (χ3v) is 2.21. The van der Waals surface area contributed by atoms with Crippen LogP contribution in [0.4, 0.5) is 4.39 Å². The van der Waals surface area contributed by atoms with Crippen LogP contribution in [0.1, 0.15) is 11.7 Å². The molecule has 0 bridgehead atoms. The van der Waals surface area contributed by atoms with Crippen LogP contribution in [0.25, 0.3) is 0 Å². The summed E-state index contributed by atoms with van der Waals surface area (Å²) >= 11 is 5.67. The maximum atomic E-state index is 12.6. The number of hydrogen-bond acceptors (Lipinski definition) is 3. The average molecular weight is 220 g/mol.